The number of hydrogen-bond donors (Lipinski definition) is 0. The molecule has 2 aromatic carbocycles. The van der Waals surface area contributed by atoms with Crippen LogP contribution in [0.3, 0.4) is 0 Å². The Labute approximate surface area is 205 Å². The Kier molecular flexibility index (Phi) is 6.92. The molecule has 1 aliphatic heterocycles. The lowest BCUT2D eigenvalue weighted by Gasteiger charge is -2.37. The van der Waals surface area contributed by atoms with Gasteiger partial charge in [0.2, 0.25) is 5.88 Å². The van der Waals surface area contributed by atoms with Gasteiger partial charge in [0, 0.05) is 25.3 Å². The SMILES string of the molecule is COCCN1CN(S(=O)(=O)c2cccc(C(F)(F)F)c2)c2cc(-c3cccc(OC)n3)ccc2C1=O. The fourth-order valence-electron chi connectivity index (χ4n) is 3.77. The van der Waals surface area contributed by atoms with Gasteiger partial charge in [-0.1, -0.05) is 18.2 Å². The molecule has 0 saturated carbocycles. The summed E-state index contributed by atoms with van der Waals surface area (Å²) in [4.78, 5) is 18.2. The minimum absolute atomic E-state index is 0.0354. The van der Waals surface area contributed by atoms with Gasteiger partial charge in [0.05, 0.1) is 41.1 Å². The predicted octanol–water partition coefficient (Wildman–Crippen LogP) is 4.03. The largest absolute Gasteiger partial charge is 0.481 e. The van der Waals surface area contributed by atoms with Gasteiger partial charge in [-0.25, -0.2) is 17.7 Å². The average Bonchev–Trinajstić information content (AvgIpc) is 2.87. The molecule has 4 rings (SSSR count). The first-order valence-electron chi connectivity index (χ1n) is 10.7. The van der Waals surface area contributed by atoms with Crippen molar-refractivity contribution in [3.8, 4) is 17.1 Å². The van der Waals surface area contributed by atoms with Crippen LogP contribution in [0.1, 0.15) is 15.9 Å². The van der Waals surface area contributed by atoms with Crippen molar-refractivity contribution >= 4 is 21.6 Å². The van der Waals surface area contributed by atoms with Gasteiger partial charge in [0.1, 0.15) is 6.67 Å². The first-order chi connectivity index (χ1) is 17.1. The number of alkyl halides is 3. The number of amides is 1. The molecule has 0 bridgehead atoms. The third-order valence-electron chi connectivity index (χ3n) is 5.63. The number of sulfonamides is 1. The number of anilines is 1. The first-order valence-corrected chi connectivity index (χ1v) is 12.1. The van der Waals surface area contributed by atoms with E-state index in [1.54, 1.807) is 24.3 Å². The van der Waals surface area contributed by atoms with E-state index in [0.717, 1.165) is 22.5 Å². The van der Waals surface area contributed by atoms with E-state index in [9.17, 15) is 26.4 Å². The zero-order valence-corrected chi connectivity index (χ0v) is 20.1. The molecule has 0 aliphatic carbocycles. The van der Waals surface area contributed by atoms with Crippen LogP contribution in [0.2, 0.25) is 0 Å². The van der Waals surface area contributed by atoms with E-state index in [2.05, 4.69) is 4.98 Å². The van der Waals surface area contributed by atoms with Crippen LogP contribution in [-0.2, 0) is 20.9 Å². The molecule has 0 fully saturated rings. The van der Waals surface area contributed by atoms with Crippen LogP contribution in [0.4, 0.5) is 18.9 Å². The third-order valence-corrected chi connectivity index (χ3v) is 7.37. The summed E-state index contributed by atoms with van der Waals surface area (Å²) in [6.45, 7) is -0.171. The van der Waals surface area contributed by atoms with Gasteiger partial charge >= 0.3 is 6.18 Å². The molecule has 190 valence electrons. The van der Waals surface area contributed by atoms with Gasteiger partial charge in [0.25, 0.3) is 15.9 Å². The van der Waals surface area contributed by atoms with Crippen molar-refractivity contribution in [3.63, 3.8) is 0 Å². The molecule has 36 heavy (non-hydrogen) atoms. The van der Waals surface area contributed by atoms with Crippen molar-refractivity contribution < 1.29 is 35.9 Å². The fraction of sp³-hybridized carbons (Fsp3) is 0.250. The van der Waals surface area contributed by atoms with Gasteiger partial charge in [-0.05, 0) is 36.4 Å². The Morgan fingerprint density at radius 1 is 1.03 bits per heavy atom. The van der Waals surface area contributed by atoms with Crippen LogP contribution in [0, 0.1) is 0 Å². The van der Waals surface area contributed by atoms with Crippen LogP contribution in [0.25, 0.3) is 11.3 Å². The second-order valence-electron chi connectivity index (χ2n) is 7.88. The van der Waals surface area contributed by atoms with Crippen LogP contribution >= 0.6 is 0 Å². The van der Waals surface area contributed by atoms with Crippen LogP contribution < -0.4 is 9.04 Å². The number of methoxy groups -OCH3 is 2. The summed E-state index contributed by atoms with van der Waals surface area (Å²) in [5.74, 6) is -0.0943. The standard InChI is InChI=1S/C24H22F3N3O5S/c1-34-12-11-29-15-30(36(32,33)18-6-3-5-17(14-18)24(25,26)27)21-13-16(9-10-19(21)23(29)31)20-7-4-8-22(28-20)35-2/h3-10,13-14H,11-12,15H2,1-2H3. The number of carbonyl (C=O) groups excluding carboxylic acids is 1. The molecular formula is C24H22F3N3O5S. The van der Waals surface area contributed by atoms with Crippen LogP contribution in [-0.4, -0.2) is 58.2 Å². The Morgan fingerprint density at radius 3 is 2.47 bits per heavy atom. The lowest BCUT2D eigenvalue weighted by molar-refractivity contribution is -0.137. The van der Waals surface area contributed by atoms with E-state index < -0.39 is 39.2 Å². The molecule has 3 aromatic rings. The summed E-state index contributed by atoms with van der Waals surface area (Å²) in [5.41, 5.74) is -0.0203. The molecule has 1 aromatic heterocycles. The molecule has 0 atom stereocenters. The molecule has 0 saturated heterocycles. The maximum atomic E-state index is 13.7. The van der Waals surface area contributed by atoms with Gasteiger partial charge in [0.15, 0.2) is 0 Å². The molecule has 0 unspecified atom stereocenters. The van der Waals surface area contributed by atoms with Gasteiger partial charge in [-0.2, -0.15) is 13.2 Å². The second kappa shape index (κ2) is 9.78. The molecule has 1 aliphatic rings. The quantitative estimate of drug-likeness (QED) is 0.467. The number of ether oxygens (including phenoxy) is 2. The second-order valence-corrected chi connectivity index (χ2v) is 9.74. The van der Waals surface area contributed by atoms with Crippen molar-refractivity contribution in [2.45, 2.75) is 11.1 Å². The molecule has 0 spiro atoms. The summed E-state index contributed by atoms with van der Waals surface area (Å²) in [6.07, 6.45) is -4.73. The molecule has 2 heterocycles. The summed E-state index contributed by atoms with van der Waals surface area (Å²) >= 11 is 0. The fourth-order valence-corrected chi connectivity index (χ4v) is 5.25. The topological polar surface area (TPSA) is 89.0 Å². The Hall–Kier alpha value is -3.64. The molecule has 12 heteroatoms. The Bertz CT molecular complexity index is 1400. The summed E-state index contributed by atoms with van der Waals surface area (Å²) in [5, 5.41) is 0. The highest BCUT2D eigenvalue weighted by atomic mass is 32.2. The van der Waals surface area contributed by atoms with Gasteiger partial charge in [-0.3, -0.25) is 4.79 Å². The lowest BCUT2D eigenvalue weighted by atomic mass is 10.0. The zero-order chi connectivity index (χ0) is 26.1. The first kappa shape index (κ1) is 25.5. The monoisotopic (exact) mass is 521 g/mol. The molecule has 0 radical (unpaired) electrons. The number of nitrogens with zero attached hydrogens (tertiary/aromatic N) is 3. The number of fused-ring (bicyclic) bond motifs is 1. The van der Waals surface area contributed by atoms with E-state index in [-0.39, 0.29) is 24.4 Å². The van der Waals surface area contributed by atoms with Crippen LogP contribution in [0.15, 0.2) is 65.6 Å². The van der Waals surface area contributed by atoms with E-state index in [0.29, 0.717) is 23.2 Å². The number of benzene rings is 2. The molecular weight excluding hydrogens is 499 g/mol. The van der Waals surface area contributed by atoms with E-state index in [1.807, 2.05) is 0 Å². The Morgan fingerprint density at radius 2 is 1.78 bits per heavy atom. The van der Waals surface area contributed by atoms with Gasteiger partial charge < -0.3 is 14.4 Å². The normalized spacial score (nSPS) is 14.1. The number of aromatic nitrogens is 1. The maximum absolute atomic E-state index is 13.7. The summed E-state index contributed by atoms with van der Waals surface area (Å²) in [6, 6.07) is 13.1. The minimum atomic E-state index is -4.73. The van der Waals surface area contributed by atoms with Crippen molar-refractivity contribution in [2.75, 3.05) is 38.3 Å². The smallest absolute Gasteiger partial charge is 0.416 e. The number of halogens is 3. The van der Waals surface area contributed by atoms with Crippen molar-refractivity contribution in [3.05, 3.63) is 71.8 Å². The summed E-state index contributed by atoms with van der Waals surface area (Å²) in [7, 11) is -1.61. The van der Waals surface area contributed by atoms with Crippen molar-refractivity contribution in [1.29, 1.82) is 0 Å². The van der Waals surface area contributed by atoms with E-state index >= 15 is 0 Å². The van der Waals surface area contributed by atoms with Crippen LogP contribution in [0.5, 0.6) is 5.88 Å². The summed E-state index contributed by atoms with van der Waals surface area (Å²) < 4.78 is 78.3. The van der Waals surface area contributed by atoms with E-state index in [4.69, 9.17) is 9.47 Å². The molecule has 0 N–H and O–H groups in total. The molecule has 8 nitrogen and oxygen atoms in total. The highest BCUT2D eigenvalue weighted by Crippen LogP contribution is 2.37. The number of pyridine rings is 1. The highest BCUT2D eigenvalue weighted by molar-refractivity contribution is 7.92. The average molecular weight is 522 g/mol. The van der Waals surface area contributed by atoms with Crippen molar-refractivity contribution in [1.82, 2.24) is 9.88 Å². The zero-order valence-electron chi connectivity index (χ0n) is 19.3. The predicted molar refractivity (Wildman–Crippen MR) is 125 cm³/mol. The van der Waals surface area contributed by atoms with E-state index in [1.165, 1.54) is 31.3 Å². The molecule has 1 amide bonds. The maximum Gasteiger partial charge on any atom is 0.416 e. The lowest BCUT2D eigenvalue weighted by Crippen LogP contribution is -2.50. The number of rotatable bonds is 7. The van der Waals surface area contributed by atoms with Gasteiger partial charge in [-0.15, -0.1) is 0 Å². The third kappa shape index (κ3) is 4.86. The number of hydrogen-bond acceptors (Lipinski definition) is 6. The minimum Gasteiger partial charge on any atom is -0.481 e. The number of carbonyl (C=O) groups is 1. The Balaban J connectivity index is 1.86. The highest BCUT2D eigenvalue weighted by Gasteiger charge is 2.38. The van der Waals surface area contributed by atoms with Crippen molar-refractivity contribution in [2.24, 2.45) is 0 Å².